The van der Waals surface area contributed by atoms with Gasteiger partial charge in [0.05, 0.1) is 13.1 Å². The molecule has 12 heteroatoms. The normalized spacial score (nSPS) is 9.97. The van der Waals surface area contributed by atoms with Gasteiger partial charge in [0, 0.05) is 19.6 Å². The zero-order chi connectivity index (χ0) is 22.2. The molecule has 0 aliphatic heterocycles. The molecule has 0 aliphatic rings. The third-order valence-corrected chi connectivity index (χ3v) is 4.26. The Hall–Kier alpha value is -3.54. The molecule has 0 radical (unpaired) electrons. The summed E-state index contributed by atoms with van der Waals surface area (Å²) in [5, 5.41) is 8.37. The second kappa shape index (κ2) is 14.5. The van der Waals surface area contributed by atoms with Gasteiger partial charge in [-0.05, 0) is 38.5 Å². The molecule has 162 valence electrons. The van der Waals surface area contributed by atoms with E-state index in [0.29, 0.717) is 38.5 Å². The van der Waals surface area contributed by atoms with E-state index >= 15 is 0 Å². The Morgan fingerprint density at radius 3 is 1.47 bits per heavy atom. The molecule has 12 nitrogen and oxygen atoms in total. The predicted octanol–water partition coefficient (Wildman–Crippen LogP) is -0.318. The maximum atomic E-state index is 12.7. The van der Waals surface area contributed by atoms with Crippen LogP contribution >= 0.6 is 0 Å². The largest absolute Gasteiger partial charge is 0.428 e. The number of rotatable bonds is 15. The topological polar surface area (TPSA) is 158 Å². The van der Waals surface area contributed by atoms with Gasteiger partial charge in [-0.15, -0.1) is 0 Å². The van der Waals surface area contributed by atoms with E-state index in [0.717, 1.165) is 13.7 Å². The summed E-state index contributed by atoms with van der Waals surface area (Å²) in [5.41, 5.74) is -2.11. The first-order valence-electron chi connectivity index (χ1n) is 9.61. The molecular formula is C18H24N6O6. The average molecular weight is 420 g/mol. The predicted molar refractivity (Wildman–Crippen MR) is 104 cm³/mol. The first-order chi connectivity index (χ1) is 14.6. The molecule has 1 aromatic heterocycles. The van der Waals surface area contributed by atoms with Crippen molar-refractivity contribution in [2.24, 2.45) is 9.98 Å². The Labute approximate surface area is 171 Å². The lowest BCUT2D eigenvalue weighted by Gasteiger charge is -2.13. The maximum Gasteiger partial charge on any atom is 0.336 e. The Balaban J connectivity index is 3.07. The smallest absolute Gasteiger partial charge is 0.336 e. The van der Waals surface area contributed by atoms with Crippen LogP contribution in [-0.2, 0) is 34.0 Å². The second-order valence-electron chi connectivity index (χ2n) is 6.31. The zero-order valence-corrected chi connectivity index (χ0v) is 16.6. The van der Waals surface area contributed by atoms with Gasteiger partial charge in [0.25, 0.3) is 6.26 Å². The molecule has 30 heavy (non-hydrogen) atoms. The highest BCUT2D eigenvalue weighted by Gasteiger charge is 2.15. The van der Waals surface area contributed by atoms with E-state index < -0.39 is 17.1 Å². The Bertz CT molecular complexity index is 924. The highest BCUT2D eigenvalue weighted by atomic mass is 16.5. The van der Waals surface area contributed by atoms with Crippen molar-refractivity contribution in [3.05, 3.63) is 31.5 Å². The number of nitriles is 1. The molecule has 0 saturated heterocycles. The van der Waals surface area contributed by atoms with Crippen LogP contribution in [0, 0.1) is 11.5 Å². The molecule has 0 spiro atoms. The lowest BCUT2D eigenvalue weighted by molar-refractivity contribution is 0.257. The third kappa shape index (κ3) is 7.83. The van der Waals surface area contributed by atoms with Crippen LogP contribution in [-0.4, -0.2) is 45.6 Å². The summed E-state index contributed by atoms with van der Waals surface area (Å²) < 4.78 is 7.58. The Morgan fingerprint density at radius 1 is 0.700 bits per heavy atom. The molecule has 1 aromatic rings. The van der Waals surface area contributed by atoms with E-state index in [2.05, 4.69) is 14.7 Å². The molecule has 0 saturated carbocycles. The van der Waals surface area contributed by atoms with Gasteiger partial charge < -0.3 is 4.74 Å². The maximum absolute atomic E-state index is 12.7. The highest BCUT2D eigenvalue weighted by molar-refractivity contribution is 5.32. The average Bonchev–Trinajstić information content (AvgIpc) is 2.74. The lowest BCUT2D eigenvalue weighted by Crippen LogP contribution is -2.54. The molecule has 0 bridgehead atoms. The summed E-state index contributed by atoms with van der Waals surface area (Å²) in [5.74, 6) is 0. The molecular weight excluding hydrogens is 396 g/mol. The van der Waals surface area contributed by atoms with Crippen molar-refractivity contribution in [2.45, 2.75) is 58.2 Å². The lowest BCUT2D eigenvalue weighted by atomic mass is 10.3. The van der Waals surface area contributed by atoms with Crippen LogP contribution in [0.3, 0.4) is 0 Å². The van der Waals surface area contributed by atoms with Gasteiger partial charge in [-0.1, -0.05) is 0 Å². The zero-order valence-electron chi connectivity index (χ0n) is 16.6. The summed E-state index contributed by atoms with van der Waals surface area (Å²) in [6.45, 7) is 0.897. The third-order valence-electron chi connectivity index (χ3n) is 4.26. The van der Waals surface area contributed by atoms with Gasteiger partial charge >= 0.3 is 17.1 Å². The van der Waals surface area contributed by atoms with Gasteiger partial charge in [-0.2, -0.15) is 5.26 Å². The van der Waals surface area contributed by atoms with E-state index in [9.17, 15) is 24.0 Å². The summed E-state index contributed by atoms with van der Waals surface area (Å²) >= 11 is 0. The van der Waals surface area contributed by atoms with Crippen LogP contribution in [0.4, 0.5) is 0 Å². The number of isocyanates is 2. The molecule has 0 aromatic carbocycles. The van der Waals surface area contributed by atoms with Crippen LogP contribution in [0.25, 0.3) is 0 Å². The number of carbonyl (C=O) groups excluding carboxylic acids is 2. The summed E-state index contributed by atoms with van der Waals surface area (Å²) in [7, 11) is 0. The van der Waals surface area contributed by atoms with Crippen LogP contribution in [0.5, 0.6) is 0 Å². The Kier molecular flexibility index (Phi) is 11.8. The van der Waals surface area contributed by atoms with Crippen LogP contribution in [0.2, 0.25) is 0 Å². The molecule has 0 fully saturated rings. The number of hydrogen-bond donors (Lipinski definition) is 0. The van der Waals surface area contributed by atoms with E-state index in [1.807, 2.05) is 0 Å². The SMILES string of the molecule is N#COCCCCn1c(=O)n(CCCCN=C=O)c(=O)n(CCCCN=C=O)c1=O. The quantitative estimate of drug-likeness (QED) is 0.163. The standard InChI is InChI=1S/C18H24N6O6/c19-13-30-12-6-5-11-24-17(28)22(9-3-1-7-20-14-25)16(27)23(18(24)29)10-4-2-8-21-15-26/h1-12H2. The molecule has 0 aliphatic carbocycles. The van der Waals surface area contributed by atoms with Crippen molar-refractivity contribution >= 4 is 12.2 Å². The minimum Gasteiger partial charge on any atom is -0.428 e. The van der Waals surface area contributed by atoms with Crippen molar-refractivity contribution in [1.82, 2.24) is 13.7 Å². The number of aliphatic imine (C=N–C) groups is 2. The van der Waals surface area contributed by atoms with E-state index in [4.69, 9.17) is 5.26 Å². The minimum absolute atomic E-state index is 0.0810. The van der Waals surface area contributed by atoms with Gasteiger partial charge in [0.15, 0.2) is 0 Å². The highest BCUT2D eigenvalue weighted by Crippen LogP contribution is 1.95. The number of hydrogen-bond acceptors (Lipinski definition) is 9. The van der Waals surface area contributed by atoms with Crippen molar-refractivity contribution in [3.63, 3.8) is 0 Å². The van der Waals surface area contributed by atoms with Crippen LogP contribution in [0.15, 0.2) is 24.4 Å². The number of ether oxygens (including phenoxy) is 1. The molecule has 1 heterocycles. The molecule has 1 rings (SSSR count). The van der Waals surface area contributed by atoms with E-state index in [1.54, 1.807) is 6.26 Å². The fourth-order valence-corrected chi connectivity index (χ4v) is 2.76. The van der Waals surface area contributed by atoms with E-state index in [1.165, 1.54) is 12.2 Å². The van der Waals surface area contributed by atoms with Gasteiger partial charge in [0.1, 0.15) is 6.61 Å². The van der Waals surface area contributed by atoms with Crippen molar-refractivity contribution in [3.8, 4) is 6.26 Å². The summed E-state index contributed by atoms with van der Waals surface area (Å²) in [4.78, 5) is 65.2. The molecule has 0 atom stereocenters. The molecule has 0 amide bonds. The van der Waals surface area contributed by atoms with Crippen molar-refractivity contribution in [1.29, 1.82) is 5.26 Å². The molecule has 0 N–H and O–H groups in total. The fraction of sp³-hybridized carbons (Fsp3) is 0.667. The van der Waals surface area contributed by atoms with Gasteiger partial charge in [0.2, 0.25) is 12.2 Å². The van der Waals surface area contributed by atoms with Gasteiger partial charge in [-0.25, -0.2) is 47.7 Å². The Morgan fingerprint density at radius 2 is 1.10 bits per heavy atom. The summed E-state index contributed by atoms with van der Waals surface area (Å²) in [6.07, 6.45) is 7.07. The van der Waals surface area contributed by atoms with Crippen molar-refractivity contribution in [2.75, 3.05) is 19.7 Å². The van der Waals surface area contributed by atoms with Gasteiger partial charge in [-0.3, -0.25) is 0 Å². The fourth-order valence-electron chi connectivity index (χ4n) is 2.76. The minimum atomic E-state index is -0.702. The number of aromatic nitrogens is 3. The molecule has 0 unspecified atom stereocenters. The monoisotopic (exact) mass is 420 g/mol. The summed E-state index contributed by atoms with van der Waals surface area (Å²) in [6, 6.07) is 0. The van der Waals surface area contributed by atoms with E-state index in [-0.39, 0.29) is 39.3 Å². The number of unbranched alkanes of at least 4 members (excludes halogenated alkanes) is 3. The number of nitrogens with zero attached hydrogens (tertiary/aromatic N) is 6. The van der Waals surface area contributed by atoms with Crippen molar-refractivity contribution < 1.29 is 14.3 Å². The second-order valence-corrected chi connectivity index (χ2v) is 6.31. The van der Waals surface area contributed by atoms with Crippen LogP contribution in [0.1, 0.15) is 38.5 Å². The first-order valence-corrected chi connectivity index (χ1v) is 9.61. The first kappa shape index (κ1) is 24.5. The van der Waals surface area contributed by atoms with Crippen LogP contribution < -0.4 is 17.1 Å².